The second-order valence-corrected chi connectivity index (χ2v) is 5.01. The first-order valence-electron chi connectivity index (χ1n) is 6.14. The van der Waals surface area contributed by atoms with Gasteiger partial charge in [0.15, 0.2) is 0 Å². The molecule has 0 aromatic rings. The van der Waals surface area contributed by atoms with E-state index in [0.29, 0.717) is 5.92 Å². The predicted octanol–water partition coefficient (Wildman–Crippen LogP) is 2.09. The lowest BCUT2D eigenvalue weighted by Gasteiger charge is -2.30. The SMILES string of the molecule is CC(CN)CCCN1CCC(C)CC1. The van der Waals surface area contributed by atoms with Crippen molar-refractivity contribution >= 4 is 0 Å². The second kappa shape index (κ2) is 6.41. The number of rotatable bonds is 5. The molecule has 1 rings (SSSR count). The summed E-state index contributed by atoms with van der Waals surface area (Å²) in [4.78, 5) is 2.61. The molecule has 1 unspecified atom stereocenters. The number of piperidine rings is 1. The summed E-state index contributed by atoms with van der Waals surface area (Å²) in [6, 6.07) is 0. The van der Waals surface area contributed by atoms with Crippen molar-refractivity contribution in [3.63, 3.8) is 0 Å². The van der Waals surface area contributed by atoms with Gasteiger partial charge in [-0.25, -0.2) is 0 Å². The highest BCUT2D eigenvalue weighted by molar-refractivity contribution is 4.69. The van der Waals surface area contributed by atoms with Gasteiger partial charge in [0.2, 0.25) is 0 Å². The van der Waals surface area contributed by atoms with Gasteiger partial charge in [-0.05, 0) is 63.7 Å². The fraction of sp³-hybridized carbons (Fsp3) is 1.00. The van der Waals surface area contributed by atoms with Crippen LogP contribution in [0.2, 0.25) is 0 Å². The molecule has 0 radical (unpaired) electrons. The molecule has 84 valence electrons. The summed E-state index contributed by atoms with van der Waals surface area (Å²) in [5, 5.41) is 0. The molecule has 1 heterocycles. The summed E-state index contributed by atoms with van der Waals surface area (Å²) in [6.45, 7) is 9.39. The quantitative estimate of drug-likeness (QED) is 0.733. The minimum absolute atomic E-state index is 0.707. The van der Waals surface area contributed by atoms with Gasteiger partial charge < -0.3 is 10.6 Å². The molecular weight excluding hydrogens is 172 g/mol. The maximum Gasteiger partial charge on any atom is -0.00162 e. The van der Waals surface area contributed by atoms with Crippen molar-refractivity contribution in [3.8, 4) is 0 Å². The third-order valence-electron chi connectivity index (χ3n) is 3.45. The average Bonchev–Trinajstić information content (AvgIpc) is 2.21. The Balaban J connectivity index is 2.02. The Morgan fingerprint density at radius 3 is 2.57 bits per heavy atom. The van der Waals surface area contributed by atoms with E-state index in [1.807, 2.05) is 0 Å². The van der Waals surface area contributed by atoms with E-state index in [1.165, 1.54) is 45.3 Å². The summed E-state index contributed by atoms with van der Waals surface area (Å²) in [7, 11) is 0. The molecule has 0 amide bonds. The van der Waals surface area contributed by atoms with Crippen LogP contribution in [0.3, 0.4) is 0 Å². The fourth-order valence-corrected chi connectivity index (χ4v) is 2.07. The smallest absolute Gasteiger partial charge is 0.00162 e. The maximum absolute atomic E-state index is 5.60. The highest BCUT2D eigenvalue weighted by Crippen LogP contribution is 2.16. The first kappa shape index (κ1) is 12.0. The highest BCUT2D eigenvalue weighted by Gasteiger charge is 2.14. The van der Waals surface area contributed by atoms with Gasteiger partial charge in [-0.3, -0.25) is 0 Å². The number of nitrogens with two attached hydrogens (primary N) is 1. The number of hydrogen-bond donors (Lipinski definition) is 1. The van der Waals surface area contributed by atoms with Gasteiger partial charge in [-0.1, -0.05) is 13.8 Å². The highest BCUT2D eigenvalue weighted by atomic mass is 15.1. The Kier molecular flexibility index (Phi) is 5.49. The summed E-state index contributed by atoms with van der Waals surface area (Å²) >= 11 is 0. The van der Waals surface area contributed by atoms with E-state index in [0.717, 1.165) is 12.5 Å². The standard InChI is InChI=1S/C12H26N2/c1-11-5-8-14(9-6-11)7-3-4-12(2)10-13/h11-12H,3-10,13H2,1-2H3. The molecule has 0 bridgehead atoms. The third-order valence-corrected chi connectivity index (χ3v) is 3.45. The van der Waals surface area contributed by atoms with Crippen LogP contribution in [0.25, 0.3) is 0 Å². The van der Waals surface area contributed by atoms with E-state index in [-0.39, 0.29) is 0 Å². The Morgan fingerprint density at radius 2 is 2.00 bits per heavy atom. The lowest BCUT2D eigenvalue weighted by atomic mass is 9.98. The normalized spacial score (nSPS) is 22.5. The van der Waals surface area contributed by atoms with Crippen molar-refractivity contribution in [2.45, 2.75) is 39.5 Å². The largest absolute Gasteiger partial charge is 0.330 e. The van der Waals surface area contributed by atoms with Gasteiger partial charge in [0.05, 0.1) is 0 Å². The Morgan fingerprint density at radius 1 is 1.36 bits per heavy atom. The van der Waals surface area contributed by atoms with Crippen LogP contribution in [-0.4, -0.2) is 31.1 Å². The van der Waals surface area contributed by atoms with E-state index in [4.69, 9.17) is 5.73 Å². The van der Waals surface area contributed by atoms with Crippen LogP contribution in [0.1, 0.15) is 39.5 Å². The molecule has 0 aliphatic carbocycles. The minimum atomic E-state index is 0.707. The number of likely N-dealkylation sites (tertiary alicyclic amines) is 1. The van der Waals surface area contributed by atoms with E-state index in [1.54, 1.807) is 0 Å². The van der Waals surface area contributed by atoms with Gasteiger partial charge in [-0.15, -0.1) is 0 Å². The minimum Gasteiger partial charge on any atom is -0.330 e. The molecule has 1 aliphatic heterocycles. The number of nitrogens with zero attached hydrogens (tertiary/aromatic N) is 1. The fourth-order valence-electron chi connectivity index (χ4n) is 2.07. The second-order valence-electron chi connectivity index (χ2n) is 5.01. The third kappa shape index (κ3) is 4.43. The maximum atomic E-state index is 5.60. The zero-order chi connectivity index (χ0) is 10.4. The van der Waals surface area contributed by atoms with E-state index < -0.39 is 0 Å². The summed E-state index contributed by atoms with van der Waals surface area (Å²) in [5.74, 6) is 1.66. The van der Waals surface area contributed by atoms with Crippen LogP contribution in [0, 0.1) is 11.8 Å². The predicted molar refractivity (Wildman–Crippen MR) is 62.3 cm³/mol. The van der Waals surface area contributed by atoms with Crippen molar-refractivity contribution in [2.75, 3.05) is 26.2 Å². The zero-order valence-corrected chi connectivity index (χ0v) is 9.84. The van der Waals surface area contributed by atoms with Crippen LogP contribution >= 0.6 is 0 Å². The lowest BCUT2D eigenvalue weighted by Crippen LogP contribution is -2.33. The molecular formula is C12H26N2. The molecule has 1 atom stereocenters. The van der Waals surface area contributed by atoms with E-state index in [2.05, 4.69) is 18.7 Å². The molecule has 2 nitrogen and oxygen atoms in total. The van der Waals surface area contributed by atoms with Crippen LogP contribution in [-0.2, 0) is 0 Å². The topological polar surface area (TPSA) is 29.3 Å². The first-order chi connectivity index (χ1) is 6.72. The molecule has 2 heteroatoms. The van der Waals surface area contributed by atoms with Gasteiger partial charge >= 0.3 is 0 Å². The molecule has 1 fully saturated rings. The van der Waals surface area contributed by atoms with Crippen molar-refractivity contribution in [1.29, 1.82) is 0 Å². The monoisotopic (exact) mass is 198 g/mol. The first-order valence-corrected chi connectivity index (χ1v) is 6.14. The molecule has 0 saturated carbocycles. The van der Waals surface area contributed by atoms with Gasteiger partial charge in [0.1, 0.15) is 0 Å². The van der Waals surface area contributed by atoms with Crippen LogP contribution in [0.4, 0.5) is 0 Å². The van der Waals surface area contributed by atoms with Crippen molar-refractivity contribution in [2.24, 2.45) is 17.6 Å². The van der Waals surface area contributed by atoms with Crippen LogP contribution < -0.4 is 5.73 Å². The van der Waals surface area contributed by atoms with Gasteiger partial charge in [0.25, 0.3) is 0 Å². The van der Waals surface area contributed by atoms with Gasteiger partial charge in [0, 0.05) is 0 Å². The number of hydrogen-bond acceptors (Lipinski definition) is 2. The van der Waals surface area contributed by atoms with Crippen LogP contribution in [0.15, 0.2) is 0 Å². The summed E-state index contributed by atoms with van der Waals surface area (Å²) in [6.07, 6.45) is 5.41. The molecule has 2 N–H and O–H groups in total. The van der Waals surface area contributed by atoms with Crippen molar-refractivity contribution in [1.82, 2.24) is 4.90 Å². The van der Waals surface area contributed by atoms with Crippen molar-refractivity contribution in [3.05, 3.63) is 0 Å². The average molecular weight is 198 g/mol. The van der Waals surface area contributed by atoms with Gasteiger partial charge in [-0.2, -0.15) is 0 Å². The Bertz CT molecular complexity index is 139. The molecule has 1 saturated heterocycles. The molecule has 0 aromatic heterocycles. The molecule has 14 heavy (non-hydrogen) atoms. The summed E-state index contributed by atoms with van der Waals surface area (Å²) in [5.41, 5.74) is 5.60. The zero-order valence-electron chi connectivity index (χ0n) is 9.84. The van der Waals surface area contributed by atoms with Crippen molar-refractivity contribution < 1.29 is 0 Å². The molecule has 0 aromatic carbocycles. The van der Waals surface area contributed by atoms with E-state index in [9.17, 15) is 0 Å². The lowest BCUT2D eigenvalue weighted by molar-refractivity contribution is 0.187. The van der Waals surface area contributed by atoms with E-state index >= 15 is 0 Å². The molecule has 0 spiro atoms. The Labute approximate surface area is 88.8 Å². The molecule has 1 aliphatic rings. The summed E-state index contributed by atoms with van der Waals surface area (Å²) < 4.78 is 0. The van der Waals surface area contributed by atoms with Crippen LogP contribution in [0.5, 0.6) is 0 Å². The Hall–Kier alpha value is -0.0800.